The predicted octanol–water partition coefficient (Wildman–Crippen LogP) is 2.86. The van der Waals surface area contributed by atoms with Crippen LogP contribution in [0.5, 0.6) is 0 Å². The van der Waals surface area contributed by atoms with E-state index in [0.29, 0.717) is 11.4 Å². The van der Waals surface area contributed by atoms with E-state index in [4.69, 9.17) is 0 Å². The number of nitrogens with zero attached hydrogens (tertiary/aromatic N) is 5. The lowest BCUT2D eigenvalue weighted by Crippen LogP contribution is -2.47. The SMILES string of the molecule is C[C@]1(c2ccccc2)CCCN(C(=O)c2ccc(-n3cnnc3)nc2)C1. The van der Waals surface area contributed by atoms with Gasteiger partial charge in [-0.2, -0.15) is 0 Å². The highest BCUT2D eigenvalue weighted by Crippen LogP contribution is 2.34. The molecule has 1 fully saturated rings. The van der Waals surface area contributed by atoms with Crippen LogP contribution < -0.4 is 0 Å². The molecule has 0 saturated carbocycles. The van der Waals surface area contributed by atoms with Crippen LogP contribution in [0.4, 0.5) is 0 Å². The molecular formula is C20H21N5O. The molecule has 0 N–H and O–H groups in total. The zero-order valence-electron chi connectivity index (χ0n) is 14.7. The van der Waals surface area contributed by atoms with E-state index in [1.165, 1.54) is 5.56 Å². The highest BCUT2D eigenvalue weighted by molar-refractivity contribution is 5.94. The molecule has 2 aromatic heterocycles. The van der Waals surface area contributed by atoms with Crippen LogP contribution in [0.3, 0.4) is 0 Å². The second-order valence-electron chi connectivity index (χ2n) is 7.03. The average Bonchev–Trinajstić information content (AvgIpc) is 3.23. The Balaban J connectivity index is 1.52. The molecule has 4 rings (SSSR count). The molecule has 0 unspecified atom stereocenters. The summed E-state index contributed by atoms with van der Waals surface area (Å²) in [6, 6.07) is 14.1. The van der Waals surface area contributed by atoms with Gasteiger partial charge in [0, 0.05) is 24.7 Å². The second kappa shape index (κ2) is 6.71. The molecule has 0 radical (unpaired) electrons. The normalized spacial score (nSPS) is 20.1. The Kier molecular flexibility index (Phi) is 4.24. The van der Waals surface area contributed by atoms with Gasteiger partial charge in [-0.3, -0.25) is 9.36 Å². The molecule has 0 spiro atoms. The fourth-order valence-corrected chi connectivity index (χ4v) is 3.66. The van der Waals surface area contributed by atoms with E-state index >= 15 is 0 Å². The molecule has 1 amide bonds. The zero-order chi connectivity index (χ0) is 18.0. The lowest BCUT2D eigenvalue weighted by molar-refractivity contribution is 0.0650. The maximum absolute atomic E-state index is 13.0. The third-order valence-corrected chi connectivity index (χ3v) is 5.13. The Hall–Kier alpha value is -3.02. The Morgan fingerprint density at radius 1 is 1.08 bits per heavy atom. The van der Waals surface area contributed by atoms with Crippen LogP contribution in [0.25, 0.3) is 5.82 Å². The molecule has 26 heavy (non-hydrogen) atoms. The molecule has 1 saturated heterocycles. The van der Waals surface area contributed by atoms with E-state index in [1.807, 2.05) is 23.1 Å². The number of benzene rings is 1. The van der Waals surface area contributed by atoms with Gasteiger partial charge in [-0.05, 0) is 30.5 Å². The average molecular weight is 347 g/mol. The summed E-state index contributed by atoms with van der Waals surface area (Å²) in [6.45, 7) is 3.76. The summed E-state index contributed by atoms with van der Waals surface area (Å²) in [5.74, 6) is 0.731. The Labute approximate surface area is 152 Å². The largest absolute Gasteiger partial charge is 0.338 e. The highest BCUT2D eigenvalue weighted by atomic mass is 16.2. The monoisotopic (exact) mass is 347 g/mol. The molecular weight excluding hydrogens is 326 g/mol. The van der Waals surface area contributed by atoms with Crippen LogP contribution in [-0.2, 0) is 5.41 Å². The number of aromatic nitrogens is 4. The van der Waals surface area contributed by atoms with Crippen molar-refractivity contribution in [2.45, 2.75) is 25.2 Å². The number of pyridine rings is 1. The minimum Gasteiger partial charge on any atom is -0.338 e. The maximum atomic E-state index is 13.0. The lowest BCUT2D eigenvalue weighted by Gasteiger charge is -2.41. The van der Waals surface area contributed by atoms with Crippen molar-refractivity contribution in [2.75, 3.05) is 13.1 Å². The highest BCUT2D eigenvalue weighted by Gasteiger charge is 2.34. The smallest absolute Gasteiger partial charge is 0.255 e. The second-order valence-corrected chi connectivity index (χ2v) is 7.03. The van der Waals surface area contributed by atoms with Crippen LogP contribution in [0.15, 0.2) is 61.3 Å². The van der Waals surface area contributed by atoms with Crippen molar-refractivity contribution in [1.82, 2.24) is 24.6 Å². The van der Waals surface area contributed by atoms with Crippen LogP contribution >= 0.6 is 0 Å². The van der Waals surface area contributed by atoms with Crippen LogP contribution in [0.2, 0.25) is 0 Å². The molecule has 6 nitrogen and oxygen atoms in total. The molecule has 0 aliphatic carbocycles. The van der Waals surface area contributed by atoms with E-state index in [-0.39, 0.29) is 11.3 Å². The fourth-order valence-electron chi connectivity index (χ4n) is 3.66. The van der Waals surface area contributed by atoms with Crippen molar-refractivity contribution in [1.29, 1.82) is 0 Å². The number of rotatable bonds is 3. The summed E-state index contributed by atoms with van der Waals surface area (Å²) in [5.41, 5.74) is 1.89. The zero-order valence-corrected chi connectivity index (χ0v) is 14.7. The van der Waals surface area contributed by atoms with Crippen LogP contribution in [0.1, 0.15) is 35.7 Å². The van der Waals surface area contributed by atoms with Gasteiger partial charge < -0.3 is 4.90 Å². The van der Waals surface area contributed by atoms with Crippen molar-refractivity contribution >= 4 is 5.91 Å². The number of hydrogen-bond acceptors (Lipinski definition) is 4. The Bertz CT molecular complexity index is 876. The summed E-state index contributed by atoms with van der Waals surface area (Å²) in [4.78, 5) is 19.3. The van der Waals surface area contributed by atoms with Gasteiger partial charge in [0.1, 0.15) is 18.5 Å². The summed E-state index contributed by atoms with van der Waals surface area (Å²) in [6.07, 6.45) is 6.89. The minimum atomic E-state index is -0.00891. The van der Waals surface area contributed by atoms with Gasteiger partial charge in [-0.25, -0.2) is 4.98 Å². The summed E-state index contributed by atoms with van der Waals surface area (Å²) in [5, 5.41) is 7.54. The molecule has 3 heterocycles. The van der Waals surface area contributed by atoms with Crippen LogP contribution in [0, 0.1) is 0 Å². The molecule has 1 aromatic carbocycles. The minimum absolute atomic E-state index is 0.00891. The fraction of sp³-hybridized carbons (Fsp3) is 0.300. The number of carbonyl (C=O) groups is 1. The number of hydrogen-bond donors (Lipinski definition) is 0. The topological polar surface area (TPSA) is 63.9 Å². The molecule has 6 heteroatoms. The Morgan fingerprint density at radius 3 is 2.54 bits per heavy atom. The van der Waals surface area contributed by atoms with Crippen molar-refractivity contribution < 1.29 is 4.79 Å². The van der Waals surface area contributed by atoms with Crippen molar-refractivity contribution in [3.05, 3.63) is 72.4 Å². The van der Waals surface area contributed by atoms with E-state index in [2.05, 4.69) is 46.4 Å². The number of carbonyl (C=O) groups excluding carboxylic acids is 1. The summed E-state index contributed by atoms with van der Waals surface area (Å²) < 4.78 is 1.71. The van der Waals surface area contributed by atoms with Crippen molar-refractivity contribution in [3.8, 4) is 5.82 Å². The summed E-state index contributed by atoms with van der Waals surface area (Å²) in [7, 11) is 0. The van der Waals surface area contributed by atoms with Crippen molar-refractivity contribution in [3.63, 3.8) is 0 Å². The van der Waals surface area contributed by atoms with Gasteiger partial charge in [-0.1, -0.05) is 37.3 Å². The molecule has 3 aromatic rings. The molecule has 1 aliphatic rings. The molecule has 0 bridgehead atoms. The number of piperidine rings is 1. The van der Waals surface area contributed by atoms with E-state index in [1.54, 1.807) is 23.4 Å². The third kappa shape index (κ3) is 3.10. The third-order valence-electron chi connectivity index (χ3n) is 5.13. The first-order valence-corrected chi connectivity index (χ1v) is 8.82. The molecule has 1 atom stereocenters. The summed E-state index contributed by atoms with van der Waals surface area (Å²) >= 11 is 0. The molecule has 132 valence electrons. The quantitative estimate of drug-likeness (QED) is 0.731. The van der Waals surface area contributed by atoms with Crippen molar-refractivity contribution in [2.24, 2.45) is 0 Å². The van der Waals surface area contributed by atoms with Gasteiger partial charge in [0.15, 0.2) is 0 Å². The Morgan fingerprint density at radius 2 is 1.85 bits per heavy atom. The van der Waals surface area contributed by atoms with E-state index in [0.717, 1.165) is 25.9 Å². The first kappa shape index (κ1) is 16.4. The van der Waals surface area contributed by atoms with Gasteiger partial charge in [-0.15, -0.1) is 10.2 Å². The predicted molar refractivity (Wildman–Crippen MR) is 98.1 cm³/mol. The number of likely N-dealkylation sites (tertiary alicyclic amines) is 1. The van der Waals surface area contributed by atoms with Crippen LogP contribution in [-0.4, -0.2) is 43.6 Å². The van der Waals surface area contributed by atoms with E-state index in [9.17, 15) is 4.79 Å². The van der Waals surface area contributed by atoms with Gasteiger partial charge >= 0.3 is 0 Å². The maximum Gasteiger partial charge on any atom is 0.255 e. The van der Waals surface area contributed by atoms with Gasteiger partial charge in [0.2, 0.25) is 0 Å². The first-order valence-electron chi connectivity index (χ1n) is 8.82. The first-order chi connectivity index (χ1) is 12.7. The van der Waals surface area contributed by atoms with E-state index < -0.39 is 0 Å². The standard InChI is InChI=1S/C20H21N5O/c1-20(17-6-3-2-4-7-17)10-5-11-24(13-20)19(26)16-8-9-18(21-12-16)25-14-22-23-15-25/h2-4,6-9,12,14-15H,5,10-11,13H2,1H3/t20-/m0/s1. The number of amides is 1. The lowest BCUT2D eigenvalue weighted by atomic mass is 9.76. The van der Waals surface area contributed by atoms with Gasteiger partial charge in [0.05, 0.1) is 5.56 Å². The van der Waals surface area contributed by atoms with Gasteiger partial charge in [0.25, 0.3) is 5.91 Å². The molecule has 1 aliphatic heterocycles.